The molecule has 0 saturated heterocycles. The van der Waals surface area contributed by atoms with Crippen molar-refractivity contribution in [3.05, 3.63) is 60.7 Å². The van der Waals surface area contributed by atoms with Gasteiger partial charge in [0.2, 0.25) is 0 Å². The molecule has 2 aromatic carbocycles. The second-order valence-electron chi connectivity index (χ2n) is 7.56. The number of carboxylic acid groups (broad SMARTS) is 2. The van der Waals surface area contributed by atoms with E-state index in [9.17, 15) is 19.2 Å². The van der Waals surface area contributed by atoms with Crippen molar-refractivity contribution in [3.63, 3.8) is 0 Å². The summed E-state index contributed by atoms with van der Waals surface area (Å²) in [5.74, 6) is -1.30. The molecular formula is C26H40N4O8. The highest BCUT2D eigenvalue weighted by Gasteiger charge is 2.09. The molecule has 12 heteroatoms. The summed E-state index contributed by atoms with van der Waals surface area (Å²) >= 11 is 0. The lowest BCUT2D eigenvalue weighted by Crippen LogP contribution is -2.30. The van der Waals surface area contributed by atoms with E-state index in [1.54, 1.807) is 24.3 Å². The standard InChI is InChI=1S/2C8H8O2.2C5H12N2O2/c2*1-7(9)10-8-5-3-2-4-6-8;2*6-3-1-2-4(7)5(8)9/h2*2-6H,1H3;2*4H,1-3,6-7H2,(H,8,9). The summed E-state index contributed by atoms with van der Waals surface area (Å²) in [6.07, 6.45) is 2.28. The number of carbonyl (C=O) groups excluding carboxylic acids is 2. The summed E-state index contributed by atoms with van der Waals surface area (Å²) < 4.78 is 9.55. The number of hydrogen-bond acceptors (Lipinski definition) is 10. The van der Waals surface area contributed by atoms with Gasteiger partial charge >= 0.3 is 23.9 Å². The molecule has 0 heterocycles. The van der Waals surface area contributed by atoms with Gasteiger partial charge in [-0.1, -0.05) is 36.4 Å². The molecule has 2 unspecified atom stereocenters. The van der Waals surface area contributed by atoms with Crippen molar-refractivity contribution in [3.8, 4) is 11.5 Å². The van der Waals surface area contributed by atoms with E-state index in [0.29, 0.717) is 50.3 Å². The van der Waals surface area contributed by atoms with Crippen molar-refractivity contribution >= 4 is 23.9 Å². The minimum absolute atomic E-state index is 0.286. The third kappa shape index (κ3) is 23.9. The lowest BCUT2D eigenvalue weighted by molar-refractivity contribution is -0.139. The predicted molar refractivity (Wildman–Crippen MR) is 143 cm³/mol. The van der Waals surface area contributed by atoms with Crippen LogP contribution in [-0.2, 0) is 19.2 Å². The van der Waals surface area contributed by atoms with Gasteiger partial charge in [-0.05, 0) is 63.0 Å². The predicted octanol–water partition coefficient (Wildman–Crippen LogP) is 1.50. The monoisotopic (exact) mass is 536 g/mol. The van der Waals surface area contributed by atoms with Gasteiger partial charge < -0.3 is 42.6 Å². The average molecular weight is 537 g/mol. The van der Waals surface area contributed by atoms with E-state index in [0.717, 1.165) is 0 Å². The van der Waals surface area contributed by atoms with Crippen LogP contribution < -0.4 is 32.4 Å². The van der Waals surface area contributed by atoms with Crippen LogP contribution in [0.1, 0.15) is 39.5 Å². The van der Waals surface area contributed by atoms with Crippen molar-refractivity contribution in [2.24, 2.45) is 22.9 Å². The summed E-state index contributed by atoms with van der Waals surface area (Å²) in [5, 5.41) is 16.5. The Kier molecular flexibility index (Phi) is 22.5. The van der Waals surface area contributed by atoms with E-state index in [2.05, 4.69) is 0 Å². The summed E-state index contributed by atoms with van der Waals surface area (Å²) in [7, 11) is 0. The van der Waals surface area contributed by atoms with Gasteiger partial charge in [-0.15, -0.1) is 0 Å². The van der Waals surface area contributed by atoms with Crippen LogP contribution in [0.5, 0.6) is 11.5 Å². The molecule has 0 radical (unpaired) electrons. The van der Waals surface area contributed by atoms with Gasteiger partial charge in [0.25, 0.3) is 0 Å². The fraction of sp³-hybridized carbons (Fsp3) is 0.385. The minimum atomic E-state index is -0.955. The number of ether oxygens (including phenoxy) is 2. The number of carboxylic acids is 2. The van der Waals surface area contributed by atoms with Gasteiger partial charge in [-0.2, -0.15) is 0 Å². The molecule has 38 heavy (non-hydrogen) atoms. The fourth-order valence-corrected chi connectivity index (χ4v) is 2.23. The van der Waals surface area contributed by atoms with E-state index in [1.165, 1.54) is 13.8 Å². The molecule has 10 N–H and O–H groups in total. The molecule has 12 nitrogen and oxygen atoms in total. The van der Waals surface area contributed by atoms with Crippen molar-refractivity contribution < 1.29 is 38.9 Å². The maximum Gasteiger partial charge on any atom is 0.320 e. The van der Waals surface area contributed by atoms with Gasteiger partial charge in [0, 0.05) is 13.8 Å². The first kappa shape index (κ1) is 36.3. The normalized spacial score (nSPS) is 10.9. The van der Waals surface area contributed by atoms with Crippen molar-refractivity contribution in [1.82, 2.24) is 0 Å². The lowest BCUT2D eigenvalue weighted by atomic mass is 10.2. The zero-order chi connectivity index (χ0) is 29.3. The smallest absolute Gasteiger partial charge is 0.320 e. The molecule has 0 bridgehead atoms. The van der Waals surface area contributed by atoms with Crippen LogP contribution in [0.4, 0.5) is 0 Å². The Morgan fingerprint density at radius 2 is 0.947 bits per heavy atom. The van der Waals surface area contributed by atoms with Crippen molar-refractivity contribution in [2.45, 2.75) is 51.6 Å². The van der Waals surface area contributed by atoms with Gasteiger partial charge in [0.05, 0.1) is 0 Å². The number of rotatable bonds is 10. The van der Waals surface area contributed by atoms with Crippen LogP contribution in [0.25, 0.3) is 0 Å². The van der Waals surface area contributed by atoms with Gasteiger partial charge in [-0.25, -0.2) is 0 Å². The van der Waals surface area contributed by atoms with Gasteiger partial charge in [0.15, 0.2) is 0 Å². The number of esters is 2. The third-order valence-electron chi connectivity index (χ3n) is 4.08. The summed E-state index contributed by atoms with van der Waals surface area (Å²) in [4.78, 5) is 40.9. The molecule has 2 aromatic rings. The van der Waals surface area contributed by atoms with Crippen LogP contribution in [-0.4, -0.2) is 59.3 Å². The fourth-order valence-electron chi connectivity index (χ4n) is 2.23. The molecule has 0 fully saturated rings. The first-order chi connectivity index (χ1) is 17.9. The largest absolute Gasteiger partial charge is 0.480 e. The zero-order valence-corrected chi connectivity index (χ0v) is 21.8. The van der Waals surface area contributed by atoms with Crippen LogP contribution in [0.15, 0.2) is 60.7 Å². The molecule has 0 aliphatic carbocycles. The minimum Gasteiger partial charge on any atom is -0.480 e. The van der Waals surface area contributed by atoms with E-state index in [-0.39, 0.29) is 11.9 Å². The Labute approximate surface area is 222 Å². The second kappa shape index (κ2) is 23.6. The quantitative estimate of drug-likeness (QED) is 0.187. The van der Waals surface area contributed by atoms with E-state index in [4.69, 9.17) is 42.6 Å². The van der Waals surface area contributed by atoms with E-state index >= 15 is 0 Å². The van der Waals surface area contributed by atoms with Crippen LogP contribution in [0.3, 0.4) is 0 Å². The Hall–Kier alpha value is -3.84. The molecule has 0 spiro atoms. The van der Waals surface area contributed by atoms with Gasteiger partial charge in [-0.3, -0.25) is 19.2 Å². The number of benzene rings is 2. The SMILES string of the molecule is CC(=O)Oc1ccccc1.CC(=O)Oc1ccccc1.NCCCC(N)C(=O)O.NCCCC(N)C(=O)O. The molecule has 0 aromatic heterocycles. The molecule has 0 aliphatic rings. The molecular weight excluding hydrogens is 496 g/mol. The second-order valence-corrected chi connectivity index (χ2v) is 7.56. The average Bonchev–Trinajstić information content (AvgIpc) is 2.87. The number of para-hydroxylation sites is 2. The Balaban J connectivity index is 0. The third-order valence-corrected chi connectivity index (χ3v) is 4.08. The highest BCUT2D eigenvalue weighted by atomic mass is 16.5. The first-order valence-corrected chi connectivity index (χ1v) is 11.8. The molecule has 0 amide bonds. The molecule has 2 atom stereocenters. The van der Waals surface area contributed by atoms with Crippen LogP contribution >= 0.6 is 0 Å². The maximum atomic E-state index is 10.4. The topological polar surface area (TPSA) is 231 Å². The number of aliphatic carboxylic acids is 2. The van der Waals surface area contributed by atoms with E-state index in [1.807, 2.05) is 36.4 Å². The Morgan fingerprint density at radius 1 is 0.658 bits per heavy atom. The first-order valence-electron chi connectivity index (χ1n) is 11.8. The van der Waals surface area contributed by atoms with Crippen molar-refractivity contribution in [2.75, 3.05) is 13.1 Å². The summed E-state index contributed by atoms with van der Waals surface area (Å²) in [6, 6.07) is 16.5. The van der Waals surface area contributed by atoms with E-state index < -0.39 is 24.0 Å². The lowest BCUT2D eigenvalue weighted by Gasteiger charge is -2.02. The zero-order valence-electron chi connectivity index (χ0n) is 21.8. The highest BCUT2D eigenvalue weighted by molar-refractivity contribution is 5.73. The number of carbonyl (C=O) groups is 4. The van der Waals surface area contributed by atoms with Crippen LogP contribution in [0.2, 0.25) is 0 Å². The highest BCUT2D eigenvalue weighted by Crippen LogP contribution is 2.08. The molecule has 212 valence electrons. The van der Waals surface area contributed by atoms with Gasteiger partial charge in [0.1, 0.15) is 23.6 Å². The number of nitrogens with two attached hydrogens (primary N) is 4. The molecule has 0 saturated carbocycles. The maximum absolute atomic E-state index is 10.4. The summed E-state index contributed by atoms with van der Waals surface area (Å²) in [6.45, 7) is 3.77. The molecule has 2 rings (SSSR count). The summed E-state index contributed by atoms with van der Waals surface area (Å²) in [5.41, 5.74) is 20.6. The van der Waals surface area contributed by atoms with Crippen molar-refractivity contribution in [1.29, 1.82) is 0 Å². The Morgan fingerprint density at radius 3 is 1.16 bits per heavy atom. The number of hydrogen-bond donors (Lipinski definition) is 6. The van der Waals surface area contributed by atoms with Crippen LogP contribution in [0, 0.1) is 0 Å². The molecule has 0 aliphatic heterocycles. The Bertz CT molecular complexity index is 838.